The lowest BCUT2D eigenvalue weighted by Gasteiger charge is -2.21. The highest BCUT2D eigenvalue weighted by atomic mass is 16.5. The number of ether oxygens (including phenoxy) is 1. The quantitative estimate of drug-likeness (QED) is 0.668. The van der Waals surface area contributed by atoms with E-state index < -0.39 is 17.9 Å². The minimum Gasteiger partial charge on any atom is -0.478 e. The van der Waals surface area contributed by atoms with E-state index in [1.807, 2.05) is 51.1 Å². The fourth-order valence-electron chi connectivity index (χ4n) is 2.32. The van der Waals surface area contributed by atoms with Crippen molar-refractivity contribution in [1.29, 1.82) is 0 Å². The van der Waals surface area contributed by atoms with Crippen molar-refractivity contribution in [3.63, 3.8) is 0 Å². The summed E-state index contributed by atoms with van der Waals surface area (Å²) in [5, 5.41) is 9.34. The molecule has 4 nitrogen and oxygen atoms in total. The van der Waals surface area contributed by atoms with Gasteiger partial charge in [0.15, 0.2) is 0 Å². The summed E-state index contributed by atoms with van der Waals surface area (Å²) < 4.78 is 5.44. The second kappa shape index (κ2) is 6.87. The molecule has 126 valence electrons. The molecule has 0 saturated heterocycles. The summed E-state index contributed by atoms with van der Waals surface area (Å²) in [4.78, 5) is 23.8. The third kappa shape index (κ3) is 4.02. The molecule has 1 N–H and O–H groups in total. The molecule has 1 atom stereocenters. The third-order valence-corrected chi connectivity index (χ3v) is 3.94. The lowest BCUT2D eigenvalue weighted by atomic mass is 9.86. The van der Waals surface area contributed by atoms with Crippen LogP contribution in [0.5, 0.6) is 5.75 Å². The number of carboxylic acid groups (broad SMARTS) is 1. The predicted octanol–water partition coefficient (Wildman–Crippen LogP) is 4.39. The van der Waals surface area contributed by atoms with Crippen LogP contribution in [0, 0.1) is 0 Å². The van der Waals surface area contributed by atoms with E-state index in [0.717, 1.165) is 11.1 Å². The molecular formula is C20H22O4. The summed E-state index contributed by atoms with van der Waals surface area (Å²) >= 11 is 0. The lowest BCUT2D eigenvalue weighted by molar-refractivity contribution is -0.135. The molecule has 0 aromatic heterocycles. The topological polar surface area (TPSA) is 63.6 Å². The first-order chi connectivity index (χ1) is 11.2. The highest BCUT2D eigenvalue weighted by Crippen LogP contribution is 2.30. The maximum Gasteiger partial charge on any atom is 0.339 e. The zero-order valence-corrected chi connectivity index (χ0v) is 14.4. The predicted molar refractivity (Wildman–Crippen MR) is 92.6 cm³/mol. The van der Waals surface area contributed by atoms with Crippen LogP contribution in [-0.4, -0.2) is 17.0 Å². The first-order valence-electron chi connectivity index (χ1n) is 7.84. The molecule has 2 aromatic carbocycles. The van der Waals surface area contributed by atoms with Crippen molar-refractivity contribution in [3.8, 4) is 5.75 Å². The van der Waals surface area contributed by atoms with Crippen molar-refractivity contribution in [3.05, 3.63) is 65.2 Å². The van der Waals surface area contributed by atoms with Crippen LogP contribution in [0.2, 0.25) is 0 Å². The largest absolute Gasteiger partial charge is 0.478 e. The van der Waals surface area contributed by atoms with E-state index in [0.29, 0.717) is 0 Å². The Labute approximate surface area is 142 Å². The van der Waals surface area contributed by atoms with Crippen LogP contribution in [0.15, 0.2) is 48.5 Å². The zero-order valence-electron chi connectivity index (χ0n) is 14.4. The van der Waals surface area contributed by atoms with E-state index in [-0.39, 0.29) is 16.7 Å². The van der Waals surface area contributed by atoms with Gasteiger partial charge in [-0.1, -0.05) is 57.2 Å². The average molecular weight is 326 g/mol. The summed E-state index contributed by atoms with van der Waals surface area (Å²) in [5.41, 5.74) is 1.54. The van der Waals surface area contributed by atoms with Gasteiger partial charge in [0.25, 0.3) is 0 Å². The van der Waals surface area contributed by atoms with Gasteiger partial charge in [-0.2, -0.15) is 0 Å². The molecular weight excluding hydrogens is 304 g/mol. The van der Waals surface area contributed by atoms with Crippen LogP contribution in [0.1, 0.15) is 55.1 Å². The van der Waals surface area contributed by atoms with Crippen molar-refractivity contribution in [2.45, 2.75) is 39.0 Å². The SMILES string of the molecule is CC(C(=O)Oc1cc(C(C)(C)C)ccc1C(=O)O)c1ccccc1. The first kappa shape index (κ1) is 17.7. The first-order valence-corrected chi connectivity index (χ1v) is 7.84. The van der Waals surface area contributed by atoms with E-state index in [1.165, 1.54) is 6.07 Å². The summed E-state index contributed by atoms with van der Waals surface area (Å²) in [5.74, 6) is -1.99. The summed E-state index contributed by atoms with van der Waals surface area (Å²) in [6, 6.07) is 14.1. The van der Waals surface area contributed by atoms with E-state index in [2.05, 4.69) is 0 Å². The second-order valence-corrected chi connectivity index (χ2v) is 6.82. The smallest absolute Gasteiger partial charge is 0.339 e. The molecule has 0 fully saturated rings. The Morgan fingerprint density at radius 1 is 1.04 bits per heavy atom. The van der Waals surface area contributed by atoms with Crippen LogP contribution >= 0.6 is 0 Å². The fraction of sp³-hybridized carbons (Fsp3) is 0.300. The highest BCUT2D eigenvalue weighted by molar-refractivity contribution is 5.92. The normalized spacial score (nSPS) is 12.5. The Hall–Kier alpha value is -2.62. The molecule has 0 amide bonds. The third-order valence-electron chi connectivity index (χ3n) is 3.94. The molecule has 24 heavy (non-hydrogen) atoms. The number of carbonyl (C=O) groups is 2. The Kier molecular flexibility index (Phi) is 5.07. The number of carboxylic acids is 1. The van der Waals surface area contributed by atoms with Crippen LogP contribution < -0.4 is 4.74 Å². The molecule has 2 aromatic rings. The van der Waals surface area contributed by atoms with Gasteiger partial charge in [-0.25, -0.2) is 4.79 Å². The molecule has 0 spiro atoms. The standard InChI is InChI=1S/C20H22O4/c1-13(14-8-6-5-7-9-14)19(23)24-17-12-15(20(2,3)4)10-11-16(17)18(21)22/h5-13H,1-4H3,(H,21,22). The minimum atomic E-state index is -1.12. The van der Waals surface area contributed by atoms with Crippen LogP contribution in [0.4, 0.5) is 0 Å². The van der Waals surface area contributed by atoms with Crippen molar-refractivity contribution in [2.24, 2.45) is 0 Å². The number of carbonyl (C=O) groups excluding carboxylic acids is 1. The highest BCUT2D eigenvalue weighted by Gasteiger charge is 2.23. The number of aromatic carboxylic acids is 1. The molecule has 4 heteroatoms. The zero-order chi connectivity index (χ0) is 17.9. The average Bonchev–Trinajstić information content (AvgIpc) is 2.53. The van der Waals surface area contributed by atoms with Gasteiger partial charge >= 0.3 is 11.9 Å². The number of hydrogen-bond acceptors (Lipinski definition) is 3. The Morgan fingerprint density at radius 3 is 2.21 bits per heavy atom. The summed E-state index contributed by atoms with van der Waals surface area (Å²) in [6.07, 6.45) is 0. The van der Waals surface area contributed by atoms with Crippen molar-refractivity contribution in [1.82, 2.24) is 0 Å². The number of esters is 1. The maximum atomic E-state index is 12.4. The van der Waals surface area contributed by atoms with Crippen molar-refractivity contribution in [2.75, 3.05) is 0 Å². The lowest BCUT2D eigenvalue weighted by Crippen LogP contribution is -2.19. The van der Waals surface area contributed by atoms with Crippen LogP contribution in [0.25, 0.3) is 0 Å². The fourth-order valence-corrected chi connectivity index (χ4v) is 2.32. The number of hydrogen-bond donors (Lipinski definition) is 1. The van der Waals surface area contributed by atoms with Crippen LogP contribution in [-0.2, 0) is 10.2 Å². The number of benzene rings is 2. The van der Waals surface area contributed by atoms with Gasteiger partial charge in [-0.3, -0.25) is 4.79 Å². The molecule has 0 aliphatic carbocycles. The number of rotatable bonds is 4. The molecule has 0 saturated carbocycles. The minimum absolute atomic E-state index is 0.0170. The summed E-state index contributed by atoms with van der Waals surface area (Å²) in [6.45, 7) is 7.79. The van der Waals surface area contributed by atoms with Gasteiger partial charge in [0, 0.05) is 0 Å². The van der Waals surface area contributed by atoms with Gasteiger partial charge in [-0.15, -0.1) is 0 Å². The molecule has 2 rings (SSSR count). The molecule has 0 bridgehead atoms. The summed E-state index contributed by atoms with van der Waals surface area (Å²) in [7, 11) is 0. The van der Waals surface area contributed by atoms with Gasteiger partial charge in [0.05, 0.1) is 5.92 Å². The van der Waals surface area contributed by atoms with Crippen molar-refractivity contribution < 1.29 is 19.4 Å². The van der Waals surface area contributed by atoms with Gasteiger partial charge in [0.2, 0.25) is 0 Å². The Morgan fingerprint density at radius 2 is 1.67 bits per heavy atom. The van der Waals surface area contributed by atoms with Gasteiger partial charge in [0.1, 0.15) is 11.3 Å². The van der Waals surface area contributed by atoms with E-state index in [1.54, 1.807) is 19.1 Å². The molecule has 0 radical (unpaired) electrons. The molecule has 1 unspecified atom stereocenters. The molecule has 0 aliphatic rings. The Bertz CT molecular complexity index is 742. The monoisotopic (exact) mass is 326 g/mol. The Balaban J connectivity index is 2.33. The van der Waals surface area contributed by atoms with E-state index >= 15 is 0 Å². The molecule has 0 heterocycles. The molecule has 0 aliphatic heterocycles. The van der Waals surface area contributed by atoms with Gasteiger partial charge in [-0.05, 0) is 35.6 Å². The van der Waals surface area contributed by atoms with Crippen molar-refractivity contribution >= 4 is 11.9 Å². The maximum absolute atomic E-state index is 12.4. The van der Waals surface area contributed by atoms with Crippen LogP contribution in [0.3, 0.4) is 0 Å². The van der Waals surface area contributed by atoms with E-state index in [9.17, 15) is 14.7 Å². The van der Waals surface area contributed by atoms with Gasteiger partial charge < -0.3 is 9.84 Å². The second-order valence-electron chi connectivity index (χ2n) is 6.82. The van der Waals surface area contributed by atoms with E-state index in [4.69, 9.17) is 4.74 Å².